The van der Waals surface area contributed by atoms with Gasteiger partial charge in [0.1, 0.15) is 13.2 Å². The van der Waals surface area contributed by atoms with Crippen molar-refractivity contribution >= 4 is 11.9 Å². The summed E-state index contributed by atoms with van der Waals surface area (Å²) in [7, 11) is 0. The number of aliphatic carboxylic acids is 1. The molecule has 0 aromatic carbocycles. The standard InChI is InChI=1S/C10H19NO5/c1-3-4-10(2,15)7-11-8(12)5-16-6-9(13)14/h15H,3-7H2,1-2H3,(H,11,12)(H,13,14). The van der Waals surface area contributed by atoms with Crippen LogP contribution in [0, 0.1) is 0 Å². The maximum Gasteiger partial charge on any atom is 0.329 e. The van der Waals surface area contributed by atoms with Crippen molar-refractivity contribution in [2.75, 3.05) is 19.8 Å². The van der Waals surface area contributed by atoms with Gasteiger partial charge in [-0.05, 0) is 13.3 Å². The van der Waals surface area contributed by atoms with Gasteiger partial charge in [-0.15, -0.1) is 0 Å². The number of carboxylic acid groups (broad SMARTS) is 1. The van der Waals surface area contributed by atoms with E-state index >= 15 is 0 Å². The van der Waals surface area contributed by atoms with Crippen LogP contribution in [0.3, 0.4) is 0 Å². The topological polar surface area (TPSA) is 95.9 Å². The average molecular weight is 233 g/mol. The molecule has 0 aliphatic rings. The zero-order valence-electron chi connectivity index (χ0n) is 9.65. The number of hydrogen-bond acceptors (Lipinski definition) is 4. The summed E-state index contributed by atoms with van der Waals surface area (Å²) in [6.07, 6.45) is 1.40. The molecule has 1 atom stereocenters. The van der Waals surface area contributed by atoms with Crippen molar-refractivity contribution in [1.82, 2.24) is 5.32 Å². The highest BCUT2D eigenvalue weighted by molar-refractivity contribution is 5.77. The molecule has 0 aromatic rings. The Bertz CT molecular complexity index is 239. The van der Waals surface area contributed by atoms with Crippen LogP contribution in [0.5, 0.6) is 0 Å². The van der Waals surface area contributed by atoms with E-state index in [9.17, 15) is 14.7 Å². The number of carboxylic acids is 1. The second-order valence-corrected chi connectivity index (χ2v) is 3.91. The van der Waals surface area contributed by atoms with Crippen molar-refractivity contribution in [3.63, 3.8) is 0 Å². The Morgan fingerprint density at radius 3 is 2.50 bits per heavy atom. The number of carbonyl (C=O) groups excluding carboxylic acids is 1. The molecule has 6 heteroatoms. The predicted molar refractivity (Wildman–Crippen MR) is 57.0 cm³/mol. The fourth-order valence-corrected chi connectivity index (χ4v) is 1.20. The molecule has 6 nitrogen and oxygen atoms in total. The van der Waals surface area contributed by atoms with Gasteiger partial charge in [-0.2, -0.15) is 0 Å². The van der Waals surface area contributed by atoms with Gasteiger partial charge in [-0.25, -0.2) is 4.79 Å². The van der Waals surface area contributed by atoms with Crippen LogP contribution < -0.4 is 5.32 Å². The van der Waals surface area contributed by atoms with Crippen LogP contribution in [0.15, 0.2) is 0 Å². The van der Waals surface area contributed by atoms with Gasteiger partial charge < -0.3 is 20.3 Å². The zero-order valence-corrected chi connectivity index (χ0v) is 9.65. The zero-order chi connectivity index (χ0) is 12.6. The largest absolute Gasteiger partial charge is 0.480 e. The van der Waals surface area contributed by atoms with Gasteiger partial charge in [0.05, 0.1) is 5.60 Å². The lowest BCUT2D eigenvalue weighted by Gasteiger charge is -2.22. The molecule has 1 unspecified atom stereocenters. The summed E-state index contributed by atoms with van der Waals surface area (Å²) in [5.74, 6) is -1.55. The van der Waals surface area contributed by atoms with Gasteiger partial charge >= 0.3 is 5.97 Å². The second kappa shape index (κ2) is 7.19. The van der Waals surface area contributed by atoms with Gasteiger partial charge in [0.25, 0.3) is 0 Å². The number of aliphatic hydroxyl groups is 1. The van der Waals surface area contributed by atoms with Crippen molar-refractivity contribution in [2.45, 2.75) is 32.3 Å². The molecule has 0 saturated heterocycles. The Morgan fingerprint density at radius 2 is 2.00 bits per heavy atom. The molecule has 0 spiro atoms. The van der Waals surface area contributed by atoms with Crippen LogP contribution in [0.2, 0.25) is 0 Å². The maximum absolute atomic E-state index is 11.1. The molecule has 0 radical (unpaired) electrons. The third-order valence-corrected chi connectivity index (χ3v) is 1.91. The Balaban J connectivity index is 3.68. The Labute approximate surface area is 94.6 Å². The predicted octanol–water partition coefficient (Wildman–Crippen LogP) is -0.245. The number of hydrogen-bond donors (Lipinski definition) is 3. The highest BCUT2D eigenvalue weighted by atomic mass is 16.5. The fourth-order valence-electron chi connectivity index (χ4n) is 1.20. The van der Waals surface area contributed by atoms with Crippen LogP contribution in [0.1, 0.15) is 26.7 Å². The third kappa shape index (κ3) is 8.19. The summed E-state index contributed by atoms with van der Waals surface area (Å²) in [6.45, 7) is 2.89. The van der Waals surface area contributed by atoms with Gasteiger partial charge in [-0.1, -0.05) is 13.3 Å². The molecular formula is C10H19NO5. The lowest BCUT2D eigenvalue weighted by atomic mass is 10.0. The van der Waals surface area contributed by atoms with E-state index in [1.165, 1.54) is 0 Å². The molecule has 0 aromatic heterocycles. The van der Waals surface area contributed by atoms with Crippen molar-refractivity contribution in [2.24, 2.45) is 0 Å². The van der Waals surface area contributed by atoms with Crippen LogP contribution in [-0.2, 0) is 14.3 Å². The first-order valence-corrected chi connectivity index (χ1v) is 5.16. The van der Waals surface area contributed by atoms with E-state index in [0.717, 1.165) is 6.42 Å². The summed E-state index contributed by atoms with van der Waals surface area (Å²) in [6, 6.07) is 0. The van der Waals surface area contributed by atoms with Gasteiger partial charge in [0.15, 0.2) is 0 Å². The number of ether oxygens (including phenoxy) is 1. The van der Waals surface area contributed by atoms with Crippen molar-refractivity contribution in [3.8, 4) is 0 Å². The molecule has 0 bridgehead atoms. The summed E-state index contributed by atoms with van der Waals surface area (Å²) in [4.78, 5) is 21.2. The minimum Gasteiger partial charge on any atom is -0.480 e. The summed E-state index contributed by atoms with van der Waals surface area (Å²) < 4.78 is 4.59. The number of amides is 1. The first kappa shape index (κ1) is 14.9. The van der Waals surface area contributed by atoms with Gasteiger partial charge in [0.2, 0.25) is 5.91 Å². The highest BCUT2D eigenvalue weighted by Gasteiger charge is 2.19. The Kier molecular flexibility index (Phi) is 6.67. The summed E-state index contributed by atoms with van der Waals surface area (Å²) in [5, 5.41) is 20.5. The first-order valence-electron chi connectivity index (χ1n) is 5.16. The molecule has 16 heavy (non-hydrogen) atoms. The second-order valence-electron chi connectivity index (χ2n) is 3.91. The lowest BCUT2D eigenvalue weighted by molar-refractivity contribution is -0.143. The lowest BCUT2D eigenvalue weighted by Crippen LogP contribution is -2.41. The van der Waals surface area contributed by atoms with E-state index in [1.54, 1.807) is 6.92 Å². The minimum atomic E-state index is -1.12. The Morgan fingerprint density at radius 1 is 1.38 bits per heavy atom. The molecule has 0 saturated carbocycles. The van der Waals surface area contributed by atoms with Crippen LogP contribution in [-0.4, -0.2) is 47.4 Å². The molecule has 0 fully saturated rings. The summed E-state index contributed by atoms with van der Waals surface area (Å²) in [5.41, 5.74) is -0.933. The van der Waals surface area contributed by atoms with E-state index in [0.29, 0.717) is 6.42 Å². The van der Waals surface area contributed by atoms with Crippen molar-refractivity contribution in [3.05, 3.63) is 0 Å². The maximum atomic E-state index is 11.1. The number of rotatable bonds is 8. The molecule has 0 aliphatic carbocycles. The van der Waals surface area contributed by atoms with E-state index in [1.807, 2.05) is 6.92 Å². The van der Waals surface area contributed by atoms with E-state index in [2.05, 4.69) is 10.1 Å². The summed E-state index contributed by atoms with van der Waals surface area (Å²) >= 11 is 0. The van der Waals surface area contributed by atoms with Crippen LogP contribution in [0.25, 0.3) is 0 Å². The monoisotopic (exact) mass is 233 g/mol. The SMILES string of the molecule is CCCC(C)(O)CNC(=O)COCC(=O)O. The van der Waals surface area contributed by atoms with Gasteiger partial charge in [-0.3, -0.25) is 4.79 Å². The third-order valence-electron chi connectivity index (χ3n) is 1.91. The number of carbonyl (C=O) groups is 2. The normalized spacial score (nSPS) is 14.2. The fraction of sp³-hybridized carbons (Fsp3) is 0.800. The molecule has 0 heterocycles. The van der Waals surface area contributed by atoms with E-state index in [-0.39, 0.29) is 13.2 Å². The number of nitrogens with one attached hydrogen (secondary N) is 1. The average Bonchev–Trinajstić information content (AvgIpc) is 2.14. The van der Waals surface area contributed by atoms with Crippen LogP contribution >= 0.6 is 0 Å². The van der Waals surface area contributed by atoms with Crippen molar-refractivity contribution < 1.29 is 24.5 Å². The molecule has 0 aliphatic heterocycles. The van der Waals surface area contributed by atoms with E-state index in [4.69, 9.17) is 5.11 Å². The first-order chi connectivity index (χ1) is 7.37. The quantitative estimate of drug-likeness (QED) is 0.537. The van der Waals surface area contributed by atoms with Gasteiger partial charge in [0, 0.05) is 6.54 Å². The van der Waals surface area contributed by atoms with Crippen molar-refractivity contribution in [1.29, 1.82) is 0 Å². The smallest absolute Gasteiger partial charge is 0.329 e. The van der Waals surface area contributed by atoms with Crippen LogP contribution in [0.4, 0.5) is 0 Å². The molecule has 94 valence electrons. The molecule has 3 N–H and O–H groups in total. The van der Waals surface area contributed by atoms with E-state index < -0.39 is 24.1 Å². The highest BCUT2D eigenvalue weighted by Crippen LogP contribution is 2.09. The Hall–Kier alpha value is -1.14. The minimum absolute atomic E-state index is 0.135. The molecule has 0 rings (SSSR count). The molecular weight excluding hydrogens is 214 g/mol. The molecule has 1 amide bonds.